The second kappa shape index (κ2) is 9.72. The molecule has 0 rings (SSSR count). The van der Waals surface area contributed by atoms with Gasteiger partial charge in [-0.05, 0) is 20.3 Å². The van der Waals surface area contributed by atoms with Gasteiger partial charge in [0.2, 0.25) is 11.8 Å². The Morgan fingerprint density at radius 2 is 1.95 bits per heavy atom. The molecule has 1 unspecified atom stereocenters. The summed E-state index contributed by atoms with van der Waals surface area (Å²) in [5.41, 5.74) is -0.430. The Labute approximate surface area is 121 Å². The van der Waals surface area contributed by atoms with Crippen LogP contribution in [0.1, 0.15) is 34.1 Å². The monoisotopic (exact) mass is 288 g/mol. The summed E-state index contributed by atoms with van der Waals surface area (Å²) in [5.74, 6) is -0.341. The summed E-state index contributed by atoms with van der Waals surface area (Å²) in [6, 6.07) is 0. The first-order valence-corrected chi connectivity index (χ1v) is 6.91. The van der Waals surface area contributed by atoms with E-state index in [-0.39, 0.29) is 17.7 Å². The second-order valence-electron chi connectivity index (χ2n) is 5.62. The van der Waals surface area contributed by atoms with Crippen LogP contribution in [-0.2, 0) is 19.1 Å². The van der Waals surface area contributed by atoms with Crippen molar-refractivity contribution in [2.45, 2.75) is 39.7 Å². The molecule has 118 valence electrons. The lowest BCUT2D eigenvalue weighted by atomic mass is 10.1. The number of amides is 2. The zero-order valence-corrected chi connectivity index (χ0v) is 13.2. The van der Waals surface area contributed by atoms with Crippen LogP contribution in [0.2, 0.25) is 0 Å². The molecule has 6 nitrogen and oxygen atoms in total. The topological polar surface area (TPSA) is 76.7 Å². The molecule has 0 radical (unpaired) electrons. The van der Waals surface area contributed by atoms with Crippen LogP contribution in [0.3, 0.4) is 0 Å². The van der Waals surface area contributed by atoms with Gasteiger partial charge >= 0.3 is 0 Å². The highest BCUT2D eigenvalue weighted by Gasteiger charge is 2.20. The number of hydrogen-bond acceptors (Lipinski definition) is 4. The number of ether oxygens (including phenoxy) is 2. The molecule has 0 bridgehead atoms. The maximum atomic E-state index is 11.7. The predicted molar refractivity (Wildman–Crippen MR) is 77.4 cm³/mol. The molecular formula is C14H28N2O4. The van der Waals surface area contributed by atoms with Crippen LogP contribution in [-0.4, -0.2) is 50.8 Å². The molecule has 0 aliphatic carbocycles. The Hall–Kier alpha value is -1.14. The van der Waals surface area contributed by atoms with Gasteiger partial charge in [0.05, 0.1) is 24.7 Å². The van der Waals surface area contributed by atoms with E-state index in [0.717, 1.165) is 6.42 Å². The molecule has 20 heavy (non-hydrogen) atoms. The van der Waals surface area contributed by atoms with Gasteiger partial charge in [0.15, 0.2) is 0 Å². The van der Waals surface area contributed by atoms with Gasteiger partial charge in [-0.25, -0.2) is 0 Å². The van der Waals surface area contributed by atoms with E-state index in [1.165, 1.54) is 6.92 Å². The van der Waals surface area contributed by atoms with Gasteiger partial charge in [-0.15, -0.1) is 0 Å². The predicted octanol–water partition coefficient (Wildman–Crippen LogP) is 0.707. The third-order valence-electron chi connectivity index (χ3n) is 2.62. The van der Waals surface area contributed by atoms with Crippen molar-refractivity contribution >= 4 is 11.8 Å². The van der Waals surface area contributed by atoms with Gasteiger partial charge in [0.1, 0.15) is 0 Å². The minimum Gasteiger partial charge on any atom is -0.385 e. The van der Waals surface area contributed by atoms with Gasteiger partial charge < -0.3 is 20.1 Å². The molecule has 6 heteroatoms. The summed E-state index contributed by atoms with van der Waals surface area (Å²) in [6.07, 6.45) is 0.797. The fourth-order valence-electron chi connectivity index (χ4n) is 1.68. The van der Waals surface area contributed by atoms with E-state index < -0.39 is 5.54 Å². The van der Waals surface area contributed by atoms with E-state index in [0.29, 0.717) is 26.4 Å². The molecule has 0 aromatic heterocycles. The normalized spacial score (nSPS) is 12.8. The lowest BCUT2D eigenvalue weighted by molar-refractivity contribution is -0.127. The Bertz CT molecular complexity index is 306. The molecule has 1 atom stereocenters. The van der Waals surface area contributed by atoms with Gasteiger partial charge in [-0.2, -0.15) is 0 Å². The first-order valence-electron chi connectivity index (χ1n) is 6.91. The SMILES string of the molecule is COCCCNC(=O)C(C)COCC(C)(C)NC(C)=O. The molecule has 0 fully saturated rings. The molecule has 0 aromatic rings. The van der Waals surface area contributed by atoms with E-state index >= 15 is 0 Å². The molecule has 0 aliphatic rings. The smallest absolute Gasteiger partial charge is 0.225 e. The lowest BCUT2D eigenvalue weighted by Gasteiger charge is -2.26. The quantitative estimate of drug-likeness (QED) is 0.580. The van der Waals surface area contributed by atoms with Crippen LogP contribution in [0.15, 0.2) is 0 Å². The molecule has 0 spiro atoms. The van der Waals surface area contributed by atoms with Crippen LogP contribution in [0.4, 0.5) is 0 Å². The van der Waals surface area contributed by atoms with Crippen LogP contribution in [0.5, 0.6) is 0 Å². The van der Waals surface area contributed by atoms with Gasteiger partial charge in [-0.3, -0.25) is 9.59 Å². The number of carbonyl (C=O) groups excluding carboxylic acids is 2. The minimum absolute atomic E-state index is 0.0292. The summed E-state index contributed by atoms with van der Waals surface area (Å²) in [7, 11) is 1.63. The largest absolute Gasteiger partial charge is 0.385 e. The molecule has 0 aliphatic heterocycles. The fourth-order valence-corrected chi connectivity index (χ4v) is 1.68. The third kappa shape index (κ3) is 9.75. The highest BCUT2D eigenvalue weighted by atomic mass is 16.5. The highest BCUT2D eigenvalue weighted by molar-refractivity contribution is 5.78. The van der Waals surface area contributed by atoms with Crippen molar-refractivity contribution in [1.29, 1.82) is 0 Å². The van der Waals surface area contributed by atoms with Crippen LogP contribution < -0.4 is 10.6 Å². The Morgan fingerprint density at radius 1 is 1.30 bits per heavy atom. The van der Waals surface area contributed by atoms with E-state index in [4.69, 9.17) is 9.47 Å². The molecule has 0 heterocycles. The third-order valence-corrected chi connectivity index (χ3v) is 2.62. The molecule has 0 aromatic carbocycles. The fraction of sp³-hybridized carbons (Fsp3) is 0.857. The summed E-state index contributed by atoms with van der Waals surface area (Å²) in [6.45, 7) is 8.99. The standard InChI is InChI=1S/C14H28N2O4/c1-11(13(18)15-7-6-8-19-5)9-20-10-14(3,4)16-12(2)17/h11H,6-10H2,1-5H3,(H,15,18)(H,16,17). The average molecular weight is 288 g/mol. The first-order chi connectivity index (χ1) is 9.28. The maximum Gasteiger partial charge on any atom is 0.225 e. The molecule has 2 amide bonds. The summed E-state index contributed by atoms with van der Waals surface area (Å²) >= 11 is 0. The molecule has 2 N–H and O–H groups in total. The number of rotatable bonds is 10. The Balaban J connectivity index is 3.83. The Kier molecular flexibility index (Phi) is 9.16. The number of methoxy groups -OCH3 is 1. The van der Waals surface area contributed by atoms with E-state index in [1.807, 2.05) is 20.8 Å². The summed E-state index contributed by atoms with van der Waals surface area (Å²) in [4.78, 5) is 22.7. The molecule has 0 saturated heterocycles. The van der Waals surface area contributed by atoms with Crippen molar-refractivity contribution in [3.63, 3.8) is 0 Å². The number of hydrogen-bond donors (Lipinski definition) is 2. The zero-order valence-electron chi connectivity index (χ0n) is 13.2. The van der Waals surface area contributed by atoms with Crippen molar-refractivity contribution in [1.82, 2.24) is 10.6 Å². The van der Waals surface area contributed by atoms with Crippen LogP contribution in [0.25, 0.3) is 0 Å². The van der Waals surface area contributed by atoms with Crippen LogP contribution in [0, 0.1) is 5.92 Å². The number of carbonyl (C=O) groups is 2. The van der Waals surface area contributed by atoms with Crippen molar-refractivity contribution in [2.24, 2.45) is 5.92 Å². The summed E-state index contributed by atoms with van der Waals surface area (Å²) < 4.78 is 10.4. The van der Waals surface area contributed by atoms with E-state index in [1.54, 1.807) is 7.11 Å². The van der Waals surface area contributed by atoms with Gasteiger partial charge in [0.25, 0.3) is 0 Å². The van der Waals surface area contributed by atoms with E-state index in [9.17, 15) is 9.59 Å². The maximum absolute atomic E-state index is 11.7. The molecular weight excluding hydrogens is 260 g/mol. The van der Waals surface area contributed by atoms with Crippen molar-refractivity contribution < 1.29 is 19.1 Å². The first kappa shape index (κ1) is 18.9. The zero-order chi connectivity index (χ0) is 15.6. The van der Waals surface area contributed by atoms with Gasteiger partial charge in [0, 0.05) is 27.2 Å². The van der Waals surface area contributed by atoms with Crippen molar-refractivity contribution in [2.75, 3.05) is 33.5 Å². The molecule has 0 saturated carbocycles. The Morgan fingerprint density at radius 3 is 2.50 bits per heavy atom. The minimum atomic E-state index is -0.430. The average Bonchev–Trinajstić information content (AvgIpc) is 2.32. The summed E-state index contributed by atoms with van der Waals surface area (Å²) in [5, 5.41) is 5.62. The number of nitrogens with one attached hydrogen (secondary N) is 2. The van der Waals surface area contributed by atoms with Crippen molar-refractivity contribution in [3.05, 3.63) is 0 Å². The second-order valence-corrected chi connectivity index (χ2v) is 5.62. The lowest BCUT2D eigenvalue weighted by Crippen LogP contribution is -2.46. The highest BCUT2D eigenvalue weighted by Crippen LogP contribution is 2.05. The van der Waals surface area contributed by atoms with Crippen molar-refractivity contribution in [3.8, 4) is 0 Å². The van der Waals surface area contributed by atoms with E-state index in [2.05, 4.69) is 10.6 Å². The van der Waals surface area contributed by atoms with Crippen LogP contribution >= 0.6 is 0 Å². The van der Waals surface area contributed by atoms with Gasteiger partial charge in [-0.1, -0.05) is 6.92 Å².